The van der Waals surface area contributed by atoms with Crippen molar-refractivity contribution in [2.75, 3.05) is 34.5 Å². The van der Waals surface area contributed by atoms with Gasteiger partial charge in [-0.2, -0.15) is 0 Å². The predicted octanol–water partition coefficient (Wildman–Crippen LogP) is 3.29. The number of rotatable bonds is 2. The summed E-state index contributed by atoms with van der Waals surface area (Å²) in [6.07, 6.45) is 0.649. The zero-order chi connectivity index (χ0) is 26.8. The van der Waals surface area contributed by atoms with Gasteiger partial charge in [0.15, 0.2) is 23.3 Å². The standard InChI is InChI=1S/C11H11F2NO3.C11H9F2NO3.CH4O/c2*1-16-11(15)14-7-2-6-3-8(12)9(13)4-10(6)17-5-7;1-2/h3-4,7H,2,5H2,1H3,(H,14,15);2-4H,5H2,1H3,(H,14,15);2H,1H3/t7-;;/m0../s1. The molecule has 2 aromatic rings. The molecule has 4 rings (SSSR count). The molecule has 1 atom stereocenters. The molecule has 0 saturated heterocycles. The number of halogens is 4. The van der Waals surface area contributed by atoms with E-state index in [4.69, 9.17) is 14.6 Å². The molecule has 3 N–H and O–H groups in total. The molecule has 2 aromatic carbocycles. The summed E-state index contributed by atoms with van der Waals surface area (Å²) < 4.78 is 71.1. The number of carbonyl (C=O) groups is 2. The van der Waals surface area contributed by atoms with Crippen LogP contribution in [0.3, 0.4) is 0 Å². The van der Waals surface area contributed by atoms with E-state index in [0.29, 0.717) is 29.0 Å². The maximum Gasteiger partial charge on any atom is 0.411 e. The highest BCUT2D eigenvalue weighted by atomic mass is 19.2. The number of amides is 2. The molecule has 9 nitrogen and oxygen atoms in total. The molecule has 36 heavy (non-hydrogen) atoms. The Labute approximate surface area is 203 Å². The molecule has 0 aromatic heterocycles. The lowest BCUT2D eigenvalue weighted by Crippen LogP contribution is -2.42. The number of hydrogen-bond donors (Lipinski definition) is 3. The van der Waals surface area contributed by atoms with Crippen LogP contribution in [-0.2, 0) is 15.9 Å². The quantitative estimate of drug-likeness (QED) is 0.525. The van der Waals surface area contributed by atoms with E-state index in [0.717, 1.165) is 31.4 Å². The van der Waals surface area contributed by atoms with Crippen molar-refractivity contribution >= 4 is 18.3 Å². The van der Waals surface area contributed by atoms with Gasteiger partial charge in [-0.15, -0.1) is 0 Å². The average Bonchev–Trinajstić information content (AvgIpc) is 2.87. The van der Waals surface area contributed by atoms with Crippen LogP contribution < -0.4 is 20.1 Å². The molecule has 0 saturated carbocycles. The molecular formula is C23H24F4N2O7. The smallest absolute Gasteiger partial charge is 0.411 e. The van der Waals surface area contributed by atoms with Gasteiger partial charge in [0, 0.05) is 24.8 Å². The lowest BCUT2D eigenvalue weighted by Gasteiger charge is -2.25. The van der Waals surface area contributed by atoms with Crippen LogP contribution in [0, 0.1) is 23.3 Å². The second kappa shape index (κ2) is 13.2. The summed E-state index contributed by atoms with van der Waals surface area (Å²) in [5.41, 5.74) is 1.30. The van der Waals surface area contributed by atoms with Crippen molar-refractivity contribution in [1.29, 1.82) is 0 Å². The van der Waals surface area contributed by atoms with Crippen molar-refractivity contribution < 1.29 is 51.2 Å². The third-order valence-electron chi connectivity index (χ3n) is 4.73. The normalized spacial score (nSPS) is 14.9. The molecule has 2 heterocycles. The molecule has 2 aliphatic rings. The van der Waals surface area contributed by atoms with Crippen molar-refractivity contribution in [2.45, 2.75) is 12.5 Å². The number of carbonyl (C=O) groups excluding carboxylic acids is 2. The van der Waals surface area contributed by atoms with E-state index < -0.39 is 35.5 Å². The summed E-state index contributed by atoms with van der Waals surface area (Å²) in [5.74, 6) is -3.26. The van der Waals surface area contributed by atoms with Gasteiger partial charge in [0.1, 0.15) is 24.7 Å². The van der Waals surface area contributed by atoms with Crippen LogP contribution in [0.15, 0.2) is 30.0 Å². The fourth-order valence-electron chi connectivity index (χ4n) is 3.12. The van der Waals surface area contributed by atoms with Crippen LogP contribution in [0.1, 0.15) is 11.1 Å². The third-order valence-corrected chi connectivity index (χ3v) is 4.73. The largest absolute Gasteiger partial charge is 0.491 e. The highest BCUT2D eigenvalue weighted by molar-refractivity contribution is 5.73. The first-order valence-electron chi connectivity index (χ1n) is 10.3. The fraction of sp³-hybridized carbons (Fsp3) is 0.304. The number of methoxy groups -OCH3 is 2. The summed E-state index contributed by atoms with van der Waals surface area (Å²) in [6.45, 7) is 0.264. The Balaban J connectivity index is 0.000000237. The molecule has 0 bridgehead atoms. The van der Waals surface area contributed by atoms with E-state index >= 15 is 0 Å². The Kier molecular flexibility index (Phi) is 10.3. The van der Waals surface area contributed by atoms with Gasteiger partial charge < -0.3 is 29.4 Å². The lowest BCUT2D eigenvalue weighted by molar-refractivity contribution is 0.156. The van der Waals surface area contributed by atoms with E-state index in [9.17, 15) is 27.2 Å². The first kappa shape index (κ1) is 28.2. The molecular weight excluding hydrogens is 492 g/mol. The topological polar surface area (TPSA) is 115 Å². The summed E-state index contributed by atoms with van der Waals surface area (Å²) in [6, 6.07) is 3.76. The van der Waals surface area contributed by atoms with Crippen LogP contribution in [-0.4, -0.2) is 57.9 Å². The van der Waals surface area contributed by atoms with Crippen molar-refractivity contribution in [1.82, 2.24) is 10.6 Å². The average molecular weight is 516 g/mol. The minimum Gasteiger partial charge on any atom is -0.491 e. The van der Waals surface area contributed by atoms with Crippen molar-refractivity contribution in [3.8, 4) is 11.5 Å². The Morgan fingerprint density at radius 3 is 2.11 bits per heavy atom. The number of benzene rings is 2. The molecule has 196 valence electrons. The number of fused-ring (bicyclic) bond motifs is 2. The van der Waals surface area contributed by atoms with Gasteiger partial charge in [0.05, 0.1) is 26.0 Å². The maximum atomic E-state index is 13.0. The number of nitrogens with one attached hydrogen (secondary N) is 2. The number of alkyl carbamates (subject to hydrolysis) is 2. The van der Waals surface area contributed by atoms with E-state index in [-0.39, 0.29) is 25.0 Å². The van der Waals surface area contributed by atoms with Crippen LogP contribution in [0.5, 0.6) is 11.5 Å². The van der Waals surface area contributed by atoms with Crippen LogP contribution in [0.4, 0.5) is 27.2 Å². The van der Waals surface area contributed by atoms with Crippen molar-refractivity contribution in [2.24, 2.45) is 0 Å². The van der Waals surface area contributed by atoms with Gasteiger partial charge in [0.25, 0.3) is 0 Å². The summed E-state index contributed by atoms with van der Waals surface area (Å²) in [7, 11) is 3.48. The van der Waals surface area contributed by atoms with Crippen molar-refractivity contribution in [3.05, 3.63) is 64.4 Å². The summed E-state index contributed by atoms with van der Waals surface area (Å²) >= 11 is 0. The fourth-order valence-corrected chi connectivity index (χ4v) is 3.12. The minimum absolute atomic E-state index is 0.0627. The molecule has 0 radical (unpaired) electrons. The van der Waals surface area contributed by atoms with Gasteiger partial charge in [-0.25, -0.2) is 27.2 Å². The third kappa shape index (κ3) is 7.50. The molecule has 0 unspecified atom stereocenters. The zero-order valence-corrected chi connectivity index (χ0v) is 19.5. The van der Waals surface area contributed by atoms with Gasteiger partial charge in [0.2, 0.25) is 0 Å². The van der Waals surface area contributed by atoms with E-state index in [1.165, 1.54) is 20.3 Å². The molecule has 0 fully saturated rings. The number of aliphatic hydroxyl groups excluding tert-OH is 1. The first-order chi connectivity index (χ1) is 17.2. The monoisotopic (exact) mass is 516 g/mol. The Morgan fingerprint density at radius 2 is 1.47 bits per heavy atom. The second-order valence-corrected chi connectivity index (χ2v) is 7.10. The van der Waals surface area contributed by atoms with Gasteiger partial charge in [-0.05, 0) is 30.2 Å². The van der Waals surface area contributed by atoms with Crippen LogP contribution in [0.2, 0.25) is 0 Å². The molecule has 0 spiro atoms. The van der Waals surface area contributed by atoms with E-state index in [1.807, 2.05) is 0 Å². The first-order valence-corrected chi connectivity index (χ1v) is 10.3. The Morgan fingerprint density at radius 1 is 0.889 bits per heavy atom. The van der Waals surface area contributed by atoms with Crippen molar-refractivity contribution in [3.63, 3.8) is 0 Å². The highest BCUT2D eigenvalue weighted by Crippen LogP contribution is 2.28. The number of hydrogen-bond acceptors (Lipinski definition) is 7. The van der Waals surface area contributed by atoms with Gasteiger partial charge >= 0.3 is 12.2 Å². The minimum atomic E-state index is -0.971. The zero-order valence-electron chi connectivity index (χ0n) is 19.5. The predicted molar refractivity (Wildman–Crippen MR) is 118 cm³/mol. The SMILES string of the molecule is CO.COC(=O)NC1=Cc2cc(F)c(F)cc2OC1.COC(=O)N[C@@H]1COc2cc(F)c(F)cc2C1. The Hall–Kier alpha value is -4.00. The van der Waals surface area contributed by atoms with Crippen LogP contribution >= 0.6 is 0 Å². The molecule has 13 heteroatoms. The number of aliphatic hydroxyl groups is 1. The Bertz CT molecular complexity index is 1130. The van der Waals surface area contributed by atoms with Crippen LogP contribution in [0.25, 0.3) is 6.08 Å². The molecule has 2 amide bonds. The highest BCUT2D eigenvalue weighted by Gasteiger charge is 2.23. The summed E-state index contributed by atoms with van der Waals surface area (Å²) in [5, 5.41) is 11.9. The second-order valence-electron chi connectivity index (χ2n) is 7.10. The van der Waals surface area contributed by atoms with Gasteiger partial charge in [-0.1, -0.05) is 0 Å². The molecule has 0 aliphatic carbocycles. The lowest BCUT2D eigenvalue weighted by atomic mass is 10.0. The maximum absolute atomic E-state index is 13.0. The van der Waals surface area contributed by atoms with E-state index in [2.05, 4.69) is 20.1 Å². The van der Waals surface area contributed by atoms with E-state index in [1.54, 1.807) is 0 Å². The number of ether oxygens (including phenoxy) is 4. The molecule has 2 aliphatic heterocycles. The van der Waals surface area contributed by atoms with Gasteiger partial charge in [-0.3, -0.25) is 5.32 Å². The summed E-state index contributed by atoms with van der Waals surface area (Å²) in [4.78, 5) is 21.9.